The summed E-state index contributed by atoms with van der Waals surface area (Å²) in [4.78, 5) is 36.7. The summed E-state index contributed by atoms with van der Waals surface area (Å²) in [7, 11) is 0. The monoisotopic (exact) mass is 519 g/mol. The maximum absolute atomic E-state index is 12.3. The Labute approximate surface area is 213 Å². The second-order valence-corrected chi connectivity index (χ2v) is 9.32. The van der Waals surface area contributed by atoms with Crippen molar-refractivity contribution in [2.45, 2.75) is 44.2 Å². The summed E-state index contributed by atoms with van der Waals surface area (Å²) in [6, 6.07) is 6.56. The van der Waals surface area contributed by atoms with E-state index < -0.39 is 16.4 Å². The van der Waals surface area contributed by atoms with E-state index in [1.807, 2.05) is 4.90 Å². The average Bonchev–Trinajstić information content (AvgIpc) is 3.34. The summed E-state index contributed by atoms with van der Waals surface area (Å²) in [5.74, 6) is -0.0861. The van der Waals surface area contributed by atoms with E-state index in [0.717, 1.165) is 12.8 Å². The highest BCUT2D eigenvalue weighted by Crippen LogP contribution is 2.40. The molecule has 2 aliphatic heterocycles. The van der Waals surface area contributed by atoms with Crippen molar-refractivity contribution in [2.75, 3.05) is 48.0 Å². The Balaban J connectivity index is 1.76. The number of nitrogens with zero attached hydrogens (tertiary/aromatic N) is 5. The van der Waals surface area contributed by atoms with Crippen LogP contribution in [0.5, 0.6) is 0 Å². The van der Waals surface area contributed by atoms with Crippen molar-refractivity contribution in [1.29, 1.82) is 0 Å². The number of benzene rings is 1. The van der Waals surface area contributed by atoms with Crippen LogP contribution in [0.3, 0.4) is 0 Å². The molecule has 0 bridgehead atoms. The van der Waals surface area contributed by atoms with E-state index in [9.17, 15) is 20.0 Å². The molecule has 1 aromatic carbocycles. The van der Waals surface area contributed by atoms with Gasteiger partial charge in [0.05, 0.1) is 17.6 Å². The molecule has 194 valence electrons. The summed E-state index contributed by atoms with van der Waals surface area (Å²) in [6.45, 7) is 3.23. The van der Waals surface area contributed by atoms with Gasteiger partial charge in [0, 0.05) is 49.8 Å². The zero-order valence-electron chi connectivity index (χ0n) is 20.0. The molecule has 1 atom stereocenters. The van der Waals surface area contributed by atoms with Crippen molar-refractivity contribution in [3.8, 4) is 0 Å². The van der Waals surface area contributed by atoms with Crippen LogP contribution in [-0.2, 0) is 9.53 Å². The lowest BCUT2D eigenvalue weighted by molar-refractivity contribution is -0.383. The van der Waals surface area contributed by atoms with Crippen LogP contribution in [0, 0.1) is 10.1 Å². The Morgan fingerprint density at radius 1 is 1.31 bits per heavy atom. The Morgan fingerprint density at radius 2 is 2.00 bits per heavy atom. The van der Waals surface area contributed by atoms with Gasteiger partial charge in [-0.2, -0.15) is 9.97 Å². The Hall–Kier alpha value is -3.22. The standard InChI is InChI=1S/C23H30ClN7O5/c1-2-36-23(21(25)33)9-12-29(13-10-23)20-18(31(34)35)19(26-16-7-5-15(24)6-8-16)27-22(28-20)30-11-3-4-17(30)14-32/h5-8,17,32H,2-4,9-14H2,1H3,(H2,25,33)(H,26,27,28)/t17-/m0/s1. The van der Waals surface area contributed by atoms with Crippen LogP contribution in [-0.4, -0.2) is 70.4 Å². The van der Waals surface area contributed by atoms with Gasteiger partial charge in [-0.3, -0.25) is 14.9 Å². The largest absolute Gasteiger partial charge is 0.394 e. The number of hydrogen-bond acceptors (Lipinski definition) is 10. The fourth-order valence-electron chi connectivity index (χ4n) is 4.81. The fourth-order valence-corrected chi connectivity index (χ4v) is 4.94. The lowest BCUT2D eigenvalue weighted by atomic mass is 9.90. The number of carbonyl (C=O) groups is 1. The molecule has 1 amide bonds. The van der Waals surface area contributed by atoms with Gasteiger partial charge < -0.3 is 30.7 Å². The number of halogens is 1. The lowest BCUT2D eigenvalue weighted by Crippen LogP contribution is -2.54. The number of rotatable bonds is 9. The number of aliphatic hydroxyl groups is 1. The number of ether oxygens (including phenoxy) is 1. The minimum Gasteiger partial charge on any atom is -0.394 e. The van der Waals surface area contributed by atoms with Crippen molar-refractivity contribution in [2.24, 2.45) is 5.73 Å². The van der Waals surface area contributed by atoms with Crippen LogP contribution in [0.1, 0.15) is 32.6 Å². The third-order valence-corrected chi connectivity index (χ3v) is 6.98. The minimum atomic E-state index is -1.11. The van der Waals surface area contributed by atoms with E-state index in [2.05, 4.69) is 15.3 Å². The van der Waals surface area contributed by atoms with E-state index >= 15 is 0 Å². The smallest absolute Gasteiger partial charge is 0.353 e. The molecule has 0 radical (unpaired) electrons. The molecular weight excluding hydrogens is 490 g/mol. The first-order valence-corrected chi connectivity index (χ1v) is 12.3. The Morgan fingerprint density at radius 3 is 2.58 bits per heavy atom. The number of amides is 1. The predicted molar refractivity (Wildman–Crippen MR) is 136 cm³/mol. The molecule has 0 unspecified atom stereocenters. The SMILES string of the molecule is CCOC1(C(N)=O)CCN(c2nc(N3CCC[C@H]3CO)nc(Nc3ccc(Cl)cc3)c2[N+](=O)[O-])CC1. The van der Waals surface area contributed by atoms with Crippen LogP contribution in [0.15, 0.2) is 24.3 Å². The molecule has 3 heterocycles. The average molecular weight is 520 g/mol. The van der Waals surface area contributed by atoms with Crippen LogP contribution in [0.2, 0.25) is 5.02 Å². The van der Waals surface area contributed by atoms with Gasteiger partial charge in [0.15, 0.2) is 0 Å². The first-order chi connectivity index (χ1) is 17.3. The molecule has 0 spiro atoms. The number of anilines is 4. The second-order valence-electron chi connectivity index (χ2n) is 8.88. The molecular formula is C23H30ClN7O5. The zero-order valence-corrected chi connectivity index (χ0v) is 20.8. The van der Waals surface area contributed by atoms with Crippen molar-refractivity contribution in [1.82, 2.24) is 9.97 Å². The van der Waals surface area contributed by atoms with Gasteiger partial charge in [-0.15, -0.1) is 0 Å². The number of carbonyl (C=O) groups excluding carboxylic acids is 1. The highest BCUT2D eigenvalue weighted by Gasteiger charge is 2.43. The number of primary amides is 1. The minimum absolute atomic E-state index is 0.0301. The zero-order chi connectivity index (χ0) is 25.9. The fraction of sp³-hybridized carbons (Fsp3) is 0.522. The molecule has 4 N–H and O–H groups in total. The number of hydrogen-bond donors (Lipinski definition) is 3. The van der Waals surface area contributed by atoms with Gasteiger partial charge in [-0.25, -0.2) is 0 Å². The van der Waals surface area contributed by atoms with Crippen molar-refractivity contribution in [3.63, 3.8) is 0 Å². The first-order valence-electron chi connectivity index (χ1n) is 11.9. The third kappa shape index (κ3) is 5.15. The quantitative estimate of drug-likeness (QED) is 0.332. The van der Waals surface area contributed by atoms with E-state index in [1.165, 1.54) is 0 Å². The van der Waals surface area contributed by atoms with Crippen LogP contribution < -0.4 is 20.9 Å². The van der Waals surface area contributed by atoms with E-state index in [1.54, 1.807) is 36.1 Å². The molecule has 2 aromatic rings. The summed E-state index contributed by atoms with van der Waals surface area (Å²) in [5, 5.41) is 25.7. The topological polar surface area (TPSA) is 160 Å². The predicted octanol–water partition coefficient (Wildman–Crippen LogP) is 2.60. The van der Waals surface area contributed by atoms with E-state index in [-0.39, 0.29) is 55.9 Å². The van der Waals surface area contributed by atoms with Crippen LogP contribution in [0.4, 0.5) is 29.0 Å². The number of aliphatic hydroxyl groups excluding tert-OH is 1. The van der Waals surface area contributed by atoms with Crippen molar-refractivity contribution >= 4 is 46.5 Å². The first kappa shape index (κ1) is 25.9. The number of nitro groups is 1. The summed E-state index contributed by atoms with van der Waals surface area (Å²) >= 11 is 5.99. The number of nitrogens with two attached hydrogens (primary N) is 1. The van der Waals surface area contributed by atoms with Gasteiger partial charge in [0.2, 0.25) is 23.5 Å². The summed E-state index contributed by atoms with van der Waals surface area (Å²) < 4.78 is 5.71. The van der Waals surface area contributed by atoms with Gasteiger partial charge >= 0.3 is 5.69 Å². The molecule has 0 saturated carbocycles. The molecule has 0 aliphatic carbocycles. The van der Waals surface area contributed by atoms with Gasteiger partial charge in [-0.1, -0.05) is 11.6 Å². The molecule has 2 fully saturated rings. The Bertz CT molecular complexity index is 1110. The van der Waals surface area contributed by atoms with Crippen molar-refractivity contribution < 1.29 is 19.6 Å². The van der Waals surface area contributed by atoms with Gasteiger partial charge in [-0.05, 0) is 44.0 Å². The summed E-state index contributed by atoms with van der Waals surface area (Å²) in [5.41, 5.74) is 4.82. The van der Waals surface area contributed by atoms with Gasteiger partial charge in [0.25, 0.3) is 0 Å². The highest BCUT2D eigenvalue weighted by molar-refractivity contribution is 6.30. The van der Waals surface area contributed by atoms with Crippen LogP contribution in [0.25, 0.3) is 0 Å². The van der Waals surface area contributed by atoms with E-state index in [4.69, 9.17) is 22.1 Å². The molecule has 36 heavy (non-hydrogen) atoms. The third-order valence-electron chi connectivity index (χ3n) is 6.73. The molecule has 4 rings (SSSR count). The molecule has 12 nitrogen and oxygen atoms in total. The number of piperidine rings is 1. The molecule has 2 saturated heterocycles. The highest BCUT2D eigenvalue weighted by atomic mass is 35.5. The lowest BCUT2D eigenvalue weighted by Gasteiger charge is -2.39. The normalized spacial score (nSPS) is 19.4. The maximum atomic E-state index is 12.3. The molecule has 13 heteroatoms. The maximum Gasteiger partial charge on any atom is 0.353 e. The number of aromatic nitrogens is 2. The second kappa shape index (κ2) is 10.8. The Kier molecular flexibility index (Phi) is 7.76. The molecule has 2 aliphatic rings. The number of nitrogens with one attached hydrogen (secondary N) is 1. The van der Waals surface area contributed by atoms with Gasteiger partial charge in [0.1, 0.15) is 5.60 Å². The van der Waals surface area contributed by atoms with Crippen molar-refractivity contribution in [3.05, 3.63) is 39.4 Å². The summed E-state index contributed by atoms with van der Waals surface area (Å²) in [6.07, 6.45) is 2.16. The molecule has 1 aromatic heterocycles. The van der Waals surface area contributed by atoms with Crippen LogP contribution >= 0.6 is 11.6 Å². The van der Waals surface area contributed by atoms with E-state index in [0.29, 0.717) is 29.8 Å².